The van der Waals surface area contributed by atoms with Crippen LogP contribution in [0.15, 0.2) is 36.7 Å². The molecule has 0 saturated heterocycles. The number of hydrogen-bond acceptors (Lipinski definition) is 6. The molecule has 0 spiro atoms. The molecule has 0 aliphatic carbocycles. The summed E-state index contributed by atoms with van der Waals surface area (Å²) in [6, 6.07) is 7.60. The lowest BCUT2D eigenvalue weighted by Crippen LogP contribution is -2.13. The molecule has 1 N–H and O–H groups in total. The van der Waals surface area contributed by atoms with E-state index in [4.69, 9.17) is 16.3 Å². The second kappa shape index (κ2) is 6.38. The van der Waals surface area contributed by atoms with Crippen molar-refractivity contribution in [2.75, 3.05) is 25.8 Å². The standard InChI is InChI=1S/C16H16ClN4O2P/c1-23-13-9-19-16(17)21-15(13)20-12-8-18-11-7-5-4-6-10(11)14(12)24(2,3)22/h4-9H,1-3H3,(H,19,20,21). The van der Waals surface area contributed by atoms with Gasteiger partial charge in [-0.1, -0.05) is 18.2 Å². The van der Waals surface area contributed by atoms with Gasteiger partial charge >= 0.3 is 0 Å². The highest BCUT2D eigenvalue weighted by Crippen LogP contribution is 2.41. The number of aromatic nitrogens is 3. The number of benzene rings is 1. The Morgan fingerprint density at radius 1 is 1.17 bits per heavy atom. The summed E-state index contributed by atoms with van der Waals surface area (Å²) in [6.07, 6.45) is 3.12. The lowest BCUT2D eigenvalue weighted by Gasteiger charge is -2.18. The second-order valence-electron chi connectivity index (χ2n) is 5.57. The van der Waals surface area contributed by atoms with Gasteiger partial charge in [-0.2, -0.15) is 4.98 Å². The molecule has 1 aromatic carbocycles. The van der Waals surface area contributed by atoms with Crippen LogP contribution in [0.3, 0.4) is 0 Å². The Kier molecular flexibility index (Phi) is 4.43. The fourth-order valence-electron chi connectivity index (χ4n) is 2.51. The highest BCUT2D eigenvalue weighted by molar-refractivity contribution is 7.71. The van der Waals surface area contributed by atoms with Gasteiger partial charge in [0.25, 0.3) is 0 Å². The second-order valence-corrected chi connectivity index (χ2v) is 9.06. The van der Waals surface area contributed by atoms with Crippen LogP contribution in [-0.4, -0.2) is 35.4 Å². The van der Waals surface area contributed by atoms with Crippen LogP contribution in [0.2, 0.25) is 5.28 Å². The van der Waals surface area contributed by atoms with Gasteiger partial charge in [-0.25, -0.2) is 4.98 Å². The lowest BCUT2D eigenvalue weighted by molar-refractivity contribution is 0.413. The van der Waals surface area contributed by atoms with Crippen molar-refractivity contribution >= 4 is 46.5 Å². The zero-order valence-corrected chi connectivity index (χ0v) is 15.1. The summed E-state index contributed by atoms with van der Waals surface area (Å²) in [4.78, 5) is 12.5. The summed E-state index contributed by atoms with van der Waals surface area (Å²) in [5.74, 6) is 0.824. The van der Waals surface area contributed by atoms with Crippen LogP contribution >= 0.6 is 18.7 Å². The van der Waals surface area contributed by atoms with E-state index in [1.165, 1.54) is 13.3 Å². The zero-order valence-electron chi connectivity index (χ0n) is 13.4. The summed E-state index contributed by atoms with van der Waals surface area (Å²) in [5.41, 5.74) is 1.39. The van der Waals surface area contributed by atoms with Crippen LogP contribution < -0.4 is 15.4 Å². The first-order chi connectivity index (χ1) is 11.4. The molecule has 0 fully saturated rings. The SMILES string of the molecule is COc1cnc(Cl)nc1Nc1cnc2ccccc2c1P(C)(C)=O. The molecule has 0 radical (unpaired) electrons. The van der Waals surface area contributed by atoms with Crippen LogP contribution in [0.1, 0.15) is 0 Å². The number of rotatable bonds is 4. The van der Waals surface area contributed by atoms with Gasteiger partial charge in [0.15, 0.2) is 11.6 Å². The van der Waals surface area contributed by atoms with Crippen molar-refractivity contribution < 1.29 is 9.30 Å². The van der Waals surface area contributed by atoms with E-state index >= 15 is 0 Å². The van der Waals surface area contributed by atoms with Crippen LogP contribution in [0, 0.1) is 0 Å². The average molecular weight is 363 g/mol. The number of anilines is 2. The maximum atomic E-state index is 12.9. The van der Waals surface area contributed by atoms with Gasteiger partial charge in [0, 0.05) is 10.7 Å². The molecule has 124 valence electrons. The van der Waals surface area contributed by atoms with Gasteiger partial charge in [-0.3, -0.25) is 4.98 Å². The van der Waals surface area contributed by atoms with Crippen molar-refractivity contribution in [3.63, 3.8) is 0 Å². The van der Waals surface area contributed by atoms with Crippen LogP contribution in [0.4, 0.5) is 11.5 Å². The van der Waals surface area contributed by atoms with Crippen molar-refractivity contribution in [2.24, 2.45) is 0 Å². The number of para-hydroxylation sites is 1. The number of fused-ring (bicyclic) bond motifs is 1. The van der Waals surface area contributed by atoms with Crippen molar-refractivity contribution in [2.45, 2.75) is 0 Å². The molecule has 2 aromatic heterocycles. The van der Waals surface area contributed by atoms with Crippen molar-refractivity contribution in [1.82, 2.24) is 15.0 Å². The predicted octanol–water partition coefficient (Wildman–Crippen LogP) is 3.68. The molecule has 24 heavy (non-hydrogen) atoms. The summed E-state index contributed by atoms with van der Waals surface area (Å²) in [6.45, 7) is 3.45. The monoisotopic (exact) mass is 362 g/mol. The minimum absolute atomic E-state index is 0.0878. The van der Waals surface area contributed by atoms with E-state index in [1.54, 1.807) is 19.5 Å². The quantitative estimate of drug-likeness (QED) is 0.563. The number of methoxy groups -OCH3 is 1. The smallest absolute Gasteiger partial charge is 0.224 e. The van der Waals surface area contributed by atoms with Crippen LogP contribution in [-0.2, 0) is 4.57 Å². The molecule has 0 saturated carbocycles. The van der Waals surface area contributed by atoms with Gasteiger partial charge in [0.2, 0.25) is 5.28 Å². The van der Waals surface area contributed by atoms with Crippen molar-refractivity contribution in [3.05, 3.63) is 41.9 Å². The lowest BCUT2D eigenvalue weighted by atomic mass is 10.2. The third kappa shape index (κ3) is 3.21. The molecule has 0 amide bonds. The number of nitrogens with one attached hydrogen (secondary N) is 1. The Bertz CT molecular complexity index is 958. The number of hydrogen-bond donors (Lipinski definition) is 1. The minimum atomic E-state index is -2.59. The fourth-order valence-corrected chi connectivity index (χ4v) is 4.11. The molecule has 8 heteroatoms. The van der Waals surface area contributed by atoms with E-state index < -0.39 is 7.14 Å². The Balaban J connectivity index is 2.20. The average Bonchev–Trinajstić information content (AvgIpc) is 2.53. The number of nitrogens with zero attached hydrogens (tertiary/aromatic N) is 3. The van der Waals surface area contributed by atoms with Gasteiger partial charge in [-0.15, -0.1) is 0 Å². The van der Waals surface area contributed by atoms with E-state index in [-0.39, 0.29) is 5.28 Å². The molecule has 6 nitrogen and oxygen atoms in total. The van der Waals surface area contributed by atoms with Gasteiger partial charge in [0.1, 0.15) is 7.14 Å². The molecule has 0 aliphatic rings. The third-order valence-electron chi connectivity index (χ3n) is 3.48. The van der Waals surface area contributed by atoms with Crippen molar-refractivity contribution in [1.29, 1.82) is 0 Å². The summed E-state index contributed by atoms with van der Waals surface area (Å²) < 4.78 is 18.2. The fraction of sp³-hybridized carbons (Fsp3) is 0.188. The first-order valence-electron chi connectivity index (χ1n) is 7.17. The number of halogens is 1. The first-order valence-corrected chi connectivity index (χ1v) is 10.1. The van der Waals surface area contributed by atoms with Crippen molar-refractivity contribution in [3.8, 4) is 5.75 Å². The summed E-state index contributed by atoms with van der Waals surface area (Å²) in [5, 5.41) is 4.78. The Labute approximate surface area is 144 Å². The summed E-state index contributed by atoms with van der Waals surface area (Å²) >= 11 is 5.88. The van der Waals surface area contributed by atoms with Crippen LogP contribution in [0.25, 0.3) is 10.9 Å². The van der Waals surface area contributed by atoms with Gasteiger partial charge < -0.3 is 14.6 Å². The molecule has 0 atom stereocenters. The van der Waals surface area contributed by atoms with E-state index in [0.29, 0.717) is 22.6 Å². The molecule has 0 unspecified atom stereocenters. The first kappa shape index (κ1) is 16.7. The Morgan fingerprint density at radius 2 is 1.92 bits per heavy atom. The largest absolute Gasteiger partial charge is 0.491 e. The van der Waals surface area contributed by atoms with Gasteiger partial charge in [0.05, 0.1) is 30.7 Å². The highest BCUT2D eigenvalue weighted by Gasteiger charge is 2.21. The maximum absolute atomic E-state index is 12.9. The maximum Gasteiger partial charge on any atom is 0.224 e. The van der Waals surface area contributed by atoms with E-state index in [1.807, 2.05) is 24.3 Å². The molecule has 3 rings (SSSR count). The third-order valence-corrected chi connectivity index (χ3v) is 5.23. The zero-order chi connectivity index (χ0) is 17.3. The number of pyridine rings is 1. The summed E-state index contributed by atoms with van der Waals surface area (Å²) in [7, 11) is -1.08. The topological polar surface area (TPSA) is 77.0 Å². The van der Waals surface area contributed by atoms with E-state index in [0.717, 1.165) is 10.9 Å². The highest BCUT2D eigenvalue weighted by atomic mass is 35.5. The molecule has 0 bridgehead atoms. The Hall–Kier alpha value is -2.17. The Morgan fingerprint density at radius 3 is 2.62 bits per heavy atom. The van der Waals surface area contributed by atoms with Crippen LogP contribution in [0.5, 0.6) is 5.75 Å². The number of ether oxygens (including phenoxy) is 1. The van der Waals surface area contributed by atoms with Gasteiger partial charge in [-0.05, 0) is 31.0 Å². The predicted molar refractivity (Wildman–Crippen MR) is 97.7 cm³/mol. The molecular weight excluding hydrogens is 347 g/mol. The van der Waals surface area contributed by atoms with E-state index in [9.17, 15) is 4.57 Å². The minimum Gasteiger partial charge on any atom is -0.491 e. The molecular formula is C16H16ClN4O2P. The molecule has 3 aromatic rings. The van der Waals surface area contributed by atoms with E-state index in [2.05, 4.69) is 20.3 Å². The molecule has 0 aliphatic heterocycles. The molecule has 2 heterocycles. The normalized spacial score (nSPS) is 11.5.